The smallest absolute Gasteiger partial charge is 0.273 e. The first-order valence-electron chi connectivity index (χ1n) is 6.99. The number of nitrogens with one attached hydrogen (secondary N) is 1. The molecule has 0 aliphatic carbocycles. The highest BCUT2D eigenvalue weighted by Crippen LogP contribution is 2.23. The number of aryl methyl sites for hydroxylation is 2. The molecule has 2 N–H and O–H groups in total. The number of benzene rings is 1. The molecule has 2 aromatic rings. The number of rotatable bonds is 5. The van der Waals surface area contributed by atoms with Crippen molar-refractivity contribution in [3.63, 3.8) is 0 Å². The summed E-state index contributed by atoms with van der Waals surface area (Å²) in [5.74, 6) is -0.236. The van der Waals surface area contributed by atoms with Gasteiger partial charge in [0.1, 0.15) is 11.5 Å². The summed E-state index contributed by atoms with van der Waals surface area (Å²) >= 11 is 0. The number of nitro groups is 1. The van der Waals surface area contributed by atoms with E-state index in [-0.39, 0.29) is 17.3 Å². The van der Waals surface area contributed by atoms with Crippen LogP contribution in [0.15, 0.2) is 22.7 Å². The van der Waals surface area contributed by atoms with Crippen molar-refractivity contribution in [2.24, 2.45) is 0 Å². The molecule has 23 heavy (non-hydrogen) atoms. The number of phenols is 1. The van der Waals surface area contributed by atoms with Gasteiger partial charge in [0.2, 0.25) is 0 Å². The number of hydrogen-bond acceptors (Lipinski definition) is 6. The number of nitrogens with zero attached hydrogens (tertiary/aromatic N) is 2. The largest absolute Gasteiger partial charge is 0.507 e. The van der Waals surface area contributed by atoms with Crippen LogP contribution in [0.2, 0.25) is 0 Å². The van der Waals surface area contributed by atoms with Crippen LogP contribution in [0.25, 0.3) is 0 Å². The minimum absolute atomic E-state index is 0.0128. The van der Waals surface area contributed by atoms with Crippen LogP contribution in [-0.4, -0.2) is 27.1 Å². The fourth-order valence-corrected chi connectivity index (χ4v) is 2.28. The van der Waals surface area contributed by atoms with Gasteiger partial charge in [-0.1, -0.05) is 5.16 Å². The lowest BCUT2D eigenvalue weighted by Gasteiger charge is -2.14. The van der Waals surface area contributed by atoms with Gasteiger partial charge < -0.3 is 14.9 Å². The van der Waals surface area contributed by atoms with Crippen LogP contribution < -0.4 is 5.32 Å². The van der Waals surface area contributed by atoms with E-state index in [2.05, 4.69) is 10.5 Å². The molecule has 0 aliphatic rings. The number of aromatic hydroxyl groups is 1. The van der Waals surface area contributed by atoms with E-state index in [1.165, 1.54) is 12.1 Å². The second-order valence-corrected chi connectivity index (χ2v) is 5.34. The Morgan fingerprint density at radius 2 is 2.17 bits per heavy atom. The molecule has 1 aromatic heterocycles. The van der Waals surface area contributed by atoms with E-state index in [4.69, 9.17) is 4.52 Å². The van der Waals surface area contributed by atoms with E-state index in [1.54, 1.807) is 6.92 Å². The third kappa shape index (κ3) is 3.65. The molecule has 0 fully saturated rings. The number of aromatic nitrogens is 1. The van der Waals surface area contributed by atoms with Gasteiger partial charge in [0.15, 0.2) is 0 Å². The molecule has 8 nitrogen and oxygen atoms in total. The number of carbonyl (C=O) groups is 1. The van der Waals surface area contributed by atoms with E-state index in [1.807, 2.05) is 13.8 Å². The molecule has 0 radical (unpaired) electrons. The SMILES string of the molecule is Cc1noc(C)c1CC(C)NC(=O)c1ccc([N+](=O)[O-])cc1O. The molecule has 8 heteroatoms. The van der Waals surface area contributed by atoms with Crippen molar-refractivity contribution >= 4 is 11.6 Å². The summed E-state index contributed by atoms with van der Waals surface area (Å²) in [5.41, 5.74) is 1.40. The average molecular weight is 319 g/mol. The number of amides is 1. The standard InChI is InChI=1S/C15H17N3O5/c1-8(6-13-9(2)17-23-10(13)3)16-15(20)12-5-4-11(18(21)22)7-14(12)19/h4-5,7-8,19H,6H2,1-3H3,(H,16,20). The average Bonchev–Trinajstić information content (AvgIpc) is 2.78. The fourth-order valence-electron chi connectivity index (χ4n) is 2.28. The molecule has 0 saturated carbocycles. The first kappa shape index (κ1) is 16.5. The Bertz CT molecular complexity index is 734. The fraction of sp³-hybridized carbons (Fsp3) is 0.333. The van der Waals surface area contributed by atoms with Gasteiger partial charge >= 0.3 is 0 Å². The number of carbonyl (C=O) groups excluding carboxylic acids is 1. The first-order valence-corrected chi connectivity index (χ1v) is 6.99. The summed E-state index contributed by atoms with van der Waals surface area (Å²) in [6.07, 6.45) is 0.528. The summed E-state index contributed by atoms with van der Waals surface area (Å²) in [7, 11) is 0. The zero-order valence-corrected chi connectivity index (χ0v) is 13.0. The molecule has 1 heterocycles. The van der Waals surface area contributed by atoms with Crippen molar-refractivity contribution in [1.82, 2.24) is 10.5 Å². The van der Waals surface area contributed by atoms with Crippen LogP contribution in [0, 0.1) is 24.0 Å². The Morgan fingerprint density at radius 1 is 1.48 bits per heavy atom. The third-order valence-corrected chi connectivity index (χ3v) is 3.51. The predicted octanol–water partition coefficient (Wildman–Crippen LogP) is 2.27. The van der Waals surface area contributed by atoms with Gasteiger partial charge in [-0.05, 0) is 33.3 Å². The van der Waals surface area contributed by atoms with Crippen molar-refractivity contribution in [2.75, 3.05) is 0 Å². The summed E-state index contributed by atoms with van der Waals surface area (Å²) in [5, 5.41) is 27.0. The molecule has 0 bridgehead atoms. The lowest BCUT2D eigenvalue weighted by molar-refractivity contribution is -0.384. The first-order chi connectivity index (χ1) is 10.8. The molecule has 1 atom stereocenters. The number of hydrogen-bond donors (Lipinski definition) is 2. The Kier molecular flexibility index (Phi) is 4.63. The Labute approximate surface area is 132 Å². The lowest BCUT2D eigenvalue weighted by atomic mass is 10.1. The molecule has 0 saturated heterocycles. The van der Waals surface area contributed by atoms with Gasteiger partial charge in [0.05, 0.1) is 22.2 Å². The maximum absolute atomic E-state index is 12.2. The highest BCUT2D eigenvalue weighted by atomic mass is 16.6. The minimum atomic E-state index is -0.637. The van der Waals surface area contributed by atoms with E-state index < -0.39 is 16.6 Å². The van der Waals surface area contributed by atoms with Crippen molar-refractivity contribution in [1.29, 1.82) is 0 Å². The van der Waals surface area contributed by atoms with Crippen LogP contribution in [-0.2, 0) is 6.42 Å². The topological polar surface area (TPSA) is 119 Å². The van der Waals surface area contributed by atoms with Crippen LogP contribution in [0.3, 0.4) is 0 Å². The normalized spacial score (nSPS) is 12.0. The van der Waals surface area contributed by atoms with Gasteiger partial charge in [-0.3, -0.25) is 14.9 Å². The van der Waals surface area contributed by atoms with Gasteiger partial charge in [0, 0.05) is 17.7 Å². The van der Waals surface area contributed by atoms with Crippen LogP contribution in [0.4, 0.5) is 5.69 Å². The van der Waals surface area contributed by atoms with Gasteiger partial charge in [0.25, 0.3) is 11.6 Å². The maximum atomic E-state index is 12.2. The van der Waals surface area contributed by atoms with Gasteiger partial charge in [-0.2, -0.15) is 0 Å². The quantitative estimate of drug-likeness (QED) is 0.644. The summed E-state index contributed by atoms with van der Waals surface area (Å²) < 4.78 is 5.07. The molecular formula is C15H17N3O5. The van der Waals surface area contributed by atoms with Crippen molar-refractivity contribution < 1.29 is 19.3 Å². The lowest BCUT2D eigenvalue weighted by Crippen LogP contribution is -2.34. The van der Waals surface area contributed by atoms with E-state index in [9.17, 15) is 20.0 Å². The number of non-ortho nitro benzene ring substituents is 1. The molecule has 0 aliphatic heterocycles. The summed E-state index contributed by atoms with van der Waals surface area (Å²) in [6.45, 7) is 5.43. The summed E-state index contributed by atoms with van der Waals surface area (Å²) in [6, 6.07) is 3.13. The molecular weight excluding hydrogens is 302 g/mol. The van der Waals surface area contributed by atoms with Crippen molar-refractivity contribution in [2.45, 2.75) is 33.2 Å². The molecule has 0 spiro atoms. The maximum Gasteiger partial charge on any atom is 0.273 e. The van der Waals surface area contributed by atoms with E-state index in [0.717, 1.165) is 17.3 Å². The summed E-state index contributed by atoms with van der Waals surface area (Å²) in [4.78, 5) is 22.2. The molecule has 1 unspecified atom stereocenters. The van der Waals surface area contributed by atoms with Crippen LogP contribution in [0.5, 0.6) is 5.75 Å². The Balaban J connectivity index is 2.08. The second kappa shape index (κ2) is 6.47. The van der Waals surface area contributed by atoms with Crippen LogP contribution in [0.1, 0.15) is 34.3 Å². The van der Waals surface area contributed by atoms with Crippen LogP contribution >= 0.6 is 0 Å². The zero-order valence-electron chi connectivity index (χ0n) is 13.0. The van der Waals surface area contributed by atoms with Crippen molar-refractivity contribution in [3.8, 4) is 5.75 Å². The van der Waals surface area contributed by atoms with E-state index >= 15 is 0 Å². The highest BCUT2D eigenvalue weighted by Gasteiger charge is 2.19. The number of phenolic OH excluding ortho intramolecular Hbond substituents is 1. The Morgan fingerprint density at radius 3 is 2.70 bits per heavy atom. The molecule has 1 aromatic carbocycles. The third-order valence-electron chi connectivity index (χ3n) is 3.51. The van der Waals surface area contributed by atoms with E-state index in [0.29, 0.717) is 12.2 Å². The molecule has 122 valence electrons. The second-order valence-electron chi connectivity index (χ2n) is 5.34. The van der Waals surface area contributed by atoms with Crippen molar-refractivity contribution in [3.05, 3.63) is 50.9 Å². The molecule has 1 amide bonds. The monoisotopic (exact) mass is 319 g/mol. The zero-order chi connectivity index (χ0) is 17.1. The minimum Gasteiger partial charge on any atom is -0.507 e. The highest BCUT2D eigenvalue weighted by molar-refractivity contribution is 5.97. The van der Waals surface area contributed by atoms with Gasteiger partial charge in [-0.25, -0.2) is 0 Å². The Hall–Kier alpha value is -2.90. The van der Waals surface area contributed by atoms with Gasteiger partial charge in [-0.15, -0.1) is 0 Å². The number of nitro benzene ring substituents is 1. The molecule has 2 rings (SSSR count). The predicted molar refractivity (Wildman–Crippen MR) is 81.4 cm³/mol.